The van der Waals surface area contributed by atoms with Crippen LogP contribution in [0.4, 0.5) is 5.69 Å². The Labute approximate surface area is 191 Å². The van der Waals surface area contributed by atoms with Gasteiger partial charge in [0.2, 0.25) is 0 Å². The molecule has 1 amide bonds. The van der Waals surface area contributed by atoms with E-state index >= 15 is 0 Å². The van der Waals surface area contributed by atoms with Crippen LogP contribution in [0, 0.1) is 24.0 Å². The van der Waals surface area contributed by atoms with Gasteiger partial charge < -0.3 is 9.32 Å². The molecule has 0 saturated carbocycles. The monoisotopic (exact) mass is 444 g/mol. The zero-order valence-electron chi connectivity index (χ0n) is 18.5. The Kier molecular flexibility index (Phi) is 6.35. The largest absolute Gasteiger partial charge is 0.467 e. The number of benzene rings is 2. The fourth-order valence-corrected chi connectivity index (χ4v) is 3.81. The number of nitrogens with zero attached hydrogens (tertiary/aromatic N) is 4. The van der Waals surface area contributed by atoms with Crippen molar-refractivity contribution in [3.8, 4) is 0 Å². The van der Waals surface area contributed by atoms with E-state index in [1.54, 1.807) is 47.9 Å². The molecule has 0 aliphatic heterocycles. The lowest BCUT2D eigenvalue weighted by Crippen LogP contribution is -2.30. The second-order valence-corrected chi connectivity index (χ2v) is 7.86. The van der Waals surface area contributed by atoms with Crippen LogP contribution in [0.3, 0.4) is 0 Å². The van der Waals surface area contributed by atoms with Crippen LogP contribution in [0.15, 0.2) is 77.4 Å². The molecule has 33 heavy (non-hydrogen) atoms. The second-order valence-electron chi connectivity index (χ2n) is 7.86. The highest BCUT2D eigenvalue weighted by molar-refractivity contribution is 5.94. The first-order valence-electron chi connectivity index (χ1n) is 10.6. The zero-order chi connectivity index (χ0) is 23.4. The van der Waals surface area contributed by atoms with Crippen LogP contribution in [-0.4, -0.2) is 25.5 Å². The average molecular weight is 444 g/mol. The van der Waals surface area contributed by atoms with Crippen molar-refractivity contribution in [2.45, 2.75) is 33.5 Å². The molecular formula is C25H24N4O4. The molecule has 168 valence electrons. The maximum atomic E-state index is 13.3. The fourth-order valence-electron chi connectivity index (χ4n) is 3.81. The number of carbonyl (C=O) groups is 1. The minimum Gasteiger partial charge on any atom is -0.467 e. The molecule has 0 atom stereocenters. The summed E-state index contributed by atoms with van der Waals surface area (Å²) in [7, 11) is 0. The van der Waals surface area contributed by atoms with E-state index in [2.05, 4.69) is 5.10 Å². The molecule has 8 nitrogen and oxygen atoms in total. The molecule has 0 fully saturated rings. The zero-order valence-corrected chi connectivity index (χ0v) is 18.5. The van der Waals surface area contributed by atoms with Gasteiger partial charge in [-0.15, -0.1) is 0 Å². The van der Waals surface area contributed by atoms with Gasteiger partial charge in [0.15, 0.2) is 0 Å². The van der Waals surface area contributed by atoms with Crippen molar-refractivity contribution in [3.63, 3.8) is 0 Å². The molecule has 0 N–H and O–H groups in total. The van der Waals surface area contributed by atoms with E-state index in [-0.39, 0.29) is 11.6 Å². The molecule has 4 aromatic rings. The Morgan fingerprint density at radius 3 is 2.33 bits per heavy atom. The quantitative estimate of drug-likeness (QED) is 0.285. The smallest absolute Gasteiger partial charge is 0.312 e. The molecule has 0 spiro atoms. The van der Waals surface area contributed by atoms with Crippen LogP contribution >= 0.6 is 0 Å². The number of hydrogen-bond donors (Lipinski definition) is 0. The predicted molar refractivity (Wildman–Crippen MR) is 123 cm³/mol. The molecule has 0 aliphatic rings. The van der Waals surface area contributed by atoms with E-state index in [0.717, 1.165) is 11.1 Å². The molecule has 0 saturated heterocycles. The summed E-state index contributed by atoms with van der Waals surface area (Å²) in [6.45, 7) is 4.51. The molecule has 0 aliphatic carbocycles. The van der Waals surface area contributed by atoms with Crippen LogP contribution in [0.2, 0.25) is 0 Å². The van der Waals surface area contributed by atoms with Gasteiger partial charge in [0, 0.05) is 12.1 Å². The summed E-state index contributed by atoms with van der Waals surface area (Å²) in [5.41, 5.74) is 3.41. The van der Waals surface area contributed by atoms with Crippen molar-refractivity contribution in [2.75, 3.05) is 0 Å². The standard InChI is InChI=1S/C25H24N4O4/c1-18-24(29(31)32)19(2)28(26-18)16-21-10-12-22(13-11-21)25(30)27(17-23-9-6-14-33-23)15-20-7-4-3-5-8-20/h3-14H,15-17H2,1-2H3. The van der Waals surface area contributed by atoms with Crippen molar-refractivity contribution in [3.05, 3.63) is 117 Å². The number of furan rings is 1. The highest BCUT2D eigenvalue weighted by Crippen LogP contribution is 2.23. The summed E-state index contributed by atoms with van der Waals surface area (Å²) in [4.78, 5) is 25.9. The third kappa shape index (κ3) is 5.01. The number of hydrogen-bond acceptors (Lipinski definition) is 5. The van der Waals surface area contributed by atoms with E-state index in [9.17, 15) is 14.9 Å². The van der Waals surface area contributed by atoms with E-state index in [0.29, 0.717) is 42.3 Å². The lowest BCUT2D eigenvalue weighted by atomic mass is 10.1. The van der Waals surface area contributed by atoms with Crippen molar-refractivity contribution >= 4 is 11.6 Å². The molecule has 0 unspecified atom stereocenters. The Bertz CT molecular complexity index is 1250. The number of carbonyl (C=O) groups excluding carboxylic acids is 1. The Hall–Kier alpha value is -4.20. The minimum absolute atomic E-state index is 0.0382. The number of aryl methyl sites for hydroxylation is 1. The Morgan fingerprint density at radius 1 is 1.00 bits per heavy atom. The summed E-state index contributed by atoms with van der Waals surface area (Å²) in [5.74, 6) is 0.602. The lowest BCUT2D eigenvalue weighted by molar-refractivity contribution is -0.386. The summed E-state index contributed by atoms with van der Waals surface area (Å²) in [6, 6.07) is 20.7. The van der Waals surface area contributed by atoms with Crippen molar-refractivity contribution in [2.24, 2.45) is 0 Å². The number of nitro groups is 1. The van der Waals surface area contributed by atoms with Crippen molar-refractivity contribution in [1.29, 1.82) is 0 Å². The third-order valence-electron chi connectivity index (χ3n) is 5.49. The van der Waals surface area contributed by atoms with Gasteiger partial charge in [-0.05, 0) is 49.2 Å². The first kappa shape index (κ1) is 22.0. The molecule has 0 radical (unpaired) electrons. The van der Waals surface area contributed by atoms with Gasteiger partial charge in [0.25, 0.3) is 5.91 Å². The van der Waals surface area contributed by atoms with Gasteiger partial charge in [0.1, 0.15) is 17.1 Å². The summed E-state index contributed by atoms with van der Waals surface area (Å²) >= 11 is 0. The second kappa shape index (κ2) is 9.52. The number of amides is 1. The van der Waals surface area contributed by atoms with E-state index < -0.39 is 4.92 Å². The Balaban J connectivity index is 1.53. The predicted octanol–water partition coefficient (Wildman–Crippen LogP) is 4.89. The average Bonchev–Trinajstić information content (AvgIpc) is 3.41. The van der Waals surface area contributed by atoms with E-state index in [1.165, 1.54) is 0 Å². The molecule has 4 rings (SSSR count). The van der Waals surface area contributed by atoms with Gasteiger partial charge >= 0.3 is 5.69 Å². The van der Waals surface area contributed by atoms with Crippen LogP contribution < -0.4 is 0 Å². The van der Waals surface area contributed by atoms with Crippen LogP contribution in [0.5, 0.6) is 0 Å². The molecule has 0 bridgehead atoms. The first-order valence-corrected chi connectivity index (χ1v) is 10.6. The normalized spacial score (nSPS) is 10.8. The Morgan fingerprint density at radius 2 is 1.73 bits per heavy atom. The summed E-state index contributed by atoms with van der Waals surface area (Å²) < 4.78 is 7.08. The highest BCUT2D eigenvalue weighted by atomic mass is 16.6. The first-order chi connectivity index (χ1) is 15.9. The van der Waals surface area contributed by atoms with Crippen LogP contribution in [0.1, 0.15) is 38.6 Å². The summed E-state index contributed by atoms with van der Waals surface area (Å²) in [5, 5.41) is 15.5. The van der Waals surface area contributed by atoms with E-state index in [1.807, 2.05) is 48.5 Å². The number of rotatable bonds is 8. The van der Waals surface area contributed by atoms with E-state index in [4.69, 9.17) is 4.42 Å². The van der Waals surface area contributed by atoms with Gasteiger partial charge in [-0.25, -0.2) is 0 Å². The minimum atomic E-state index is -0.406. The van der Waals surface area contributed by atoms with Crippen molar-refractivity contribution < 1.29 is 14.1 Å². The SMILES string of the molecule is Cc1nn(Cc2ccc(C(=O)N(Cc3ccccc3)Cc3ccco3)cc2)c(C)c1[N+](=O)[O-]. The molecule has 8 heteroatoms. The lowest BCUT2D eigenvalue weighted by Gasteiger charge is -2.22. The maximum absolute atomic E-state index is 13.3. The fraction of sp³-hybridized carbons (Fsp3) is 0.200. The van der Waals surface area contributed by atoms with Crippen LogP contribution in [0.25, 0.3) is 0 Å². The third-order valence-corrected chi connectivity index (χ3v) is 5.49. The van der Waals surface area contributed by atoms with Gasteiger partial charge in [-0.3, -0.25) is 19.6 Å². The maximum Gasteiger partial charge on any atom is 0.312 e. The van der Waals surface area contributed by atoms with Gasteiger partial charge in [-0.1, -0.05) is 42.5 Å². The topological polar surface area (TPSA) is 94.4 Å². The van der Waals surface area contributed by atoms with Crippen molar-refractivity contribution in [1.82, 2.24) is 14.7 Å². The van der Waals surface area contributed by atoms with Gasteiger partial charge in [-0.2, -0.15) is 5.10 Å². The summed E-state index contributed by atoms with van der Waals surface area (Å²) in [6.07, 6.45) is 1.60. The van der Waals surface area contributed by atoms with Crippen LogP contribution in [-0.2, 0) is 19.6 Å². The highest BCUT2D eigenvalue weighted by Gasteiger charge is 2.22. The number of aromatic nitrogens is 2. The molecule has 2 aromatic carbocycles. The van der Waals surface area contributed by atoms with Gasteiger partial charge in [0.05, 0.1) is 24.3 Å². The molecule has 2 aromatic heterocycles. The molecular weight excluding hydrogens is 420 g/mol. The molecule has 2 heterocycles.